The second-order valence-electron chi connectivity index (χ2n) is 5.22. The maximum absolute atomic E-state index is 11.6. The predicted molar refractivity (Wildman–Crippen MR) is 90.1 cm³/mol. The molecule has 2 aromatic carbocycles. The summed E-state index contributed by atoms with van der Waals surface area (Å²) in [6, 6.07) is 14.9. The van der Waals surface area contributed by atoms with Crippen LogP contribution in [0.2, 0.25) is 0 Å². The molecule has 5 heteroatoms. The van der Waals surface area contributed by atoms with Crippen molar-refractivity contribution in [2.75, 3.05) is 13.7 Å². The number of carbonyl (C=O) groups excluding carboxylic acids is 1. The maximum Gasteiger partial charge on any atom is 0.335 e. The minimum atomic E-state index is -1.20. The Bertz CT molecular complexity index is 651. The molecule has 128 valence electrons. The molecule has 0 saturated heterocycles. The summed E-state index contributed by atoms with van der Waals surface area (Å²) in [6.07, 6.45) is -1.05. The van der Waals surface area contributed by atoms with Crippen molar-refractivity contribution in [2.24, 2.45) is 0 Å². The molecule has 2 aromatic rings. The molecule has 5 nitrogen and oxygen atoms in total. The normalized spacial score (nSPS) is 11.6. The molecule has 0 amide bonds. The van der Waals surface area contributed by atoms with Gasteiger partial charge in [0, 0.05) is 6.42 Å². The summed E-state index contributed by atoms with van der Waals surface area (Å²) in [4.78, 5) is 11.6. The van der Waals surface area contributed by atoms with E-state index < -0.39 is 12.1 Å². The van der Waals surface area contributed by atoms with E-state index in [4.69, 9.17) is 14.2 Å². The number of aliphatic hydroxyl groups is 1. The zero-order valence-corrected chi connectivity index (χ0v) is 13.9. The molecule has 0 aromatic heterocycles. The third kappa shape index (κ3) is 4.99. The molecular weight excluding hydrogens is 308 g/mol. The molecule has 2 rings (SSSR count). The van der Waals surface area contributed by atoms with Gasteiger partial charge in [0.05, 0.1) is 13.7 Å². The molecule has 1 N–H and O–H groups in total. The van der Waals surface area contributed by atoms with Crippen LogP contribution in [0.1, 0.15) is 18.1 Å². The number of aliphatic hydroxyl groups excluding tert-OH is 1. The SMILES string of the molecule is CCOC(=O)[C@H](O)Cc1ccccc1OCc1ccc(OC)cc1. The zero-order valence-electron chi connectivity index (χ0n) is 13.9. The summed E-state index contributed by atoms with van der Waals surface area (Å²) in [6.45, 7) is 2.33. The Labute approximate surface area is 141 Å². The van der Waals surface area contributed by atoms with E-state index in [1.807, 2.05) is 48.5 Å². The van der Waals surface area contributed by atoms with Gasteiger partial charge >= 0.3 is 5.97 Å². The minimum Gasteiger partial charge on any atom is -0.497 e. The Morgan fingerprint density at radius 1 is 1.12 bits per heavy atom. The van der Waals surface area contributed by atoms with E-state index in [0.29, 0.717) is 12.4 Å². The molecule has 0 aliphatic heterocycles. The average molecular weight is 330 g/mol. The number of ether oxygens (including phenoxy) is 3. The minimum absolute atomic E-state index is 0.150. The van der Waals surface area contributed by atoms with Gasteiger partial charge in [0.15, 0.2) is 6.10 Å². The molecular formula is C19H22O5. The first-order valence-corrected chi connectivity index (χ1v) is 7.82. The fourth-order valence-electron chi connectivity index (χ4n) is 2.23. The van der Waals surface area contributed by atoms with Crippen LogP contribution < -0.4 is 9.47 Å². The van der Waals surface area contributed by atoms with Crippen molar-refractivity contribution in [1.82, 2.24) is 0 Å². The highest BCUT2D eigenvalue weighted by atomic mass is 16.5. The van der Waals surface area contributed by atoms with E-state index in [-0.39, 0.29) is 13.0 Å². The highest BCUT2D eigenvalue weighted by Crippen LogP contribution is 2.22. The summed E-state index contributed by atoms with van der Waals surface area (Å²) >= 11 is 0. The summed E-state index contributed by atoms with van der Waals surface area (Å²) in [5.74, 6) is 0.802. The van der Waals surface area contributed by atoms with E-state index in [1.54, 1.807) is 14.0 Å². The number of benzene rings is 2. The van der Waals surface area contributed by atoms with Crippen LogP contribution in [-0.2, 0) is 22.6 Å². The standard InChI is InChI=1S/C19H22O5/c1-3-23-19(21)17(20)12-15-6-4-5-7-18(15)24-13-14-8-10-16(22-2)11-9-14/h4-11,17,20H,3,12-13H2,1-2H3/t17-/m1/s1. The van der Waals surface area contributed by atoms with Crippen LogP contribution in [-0.4, -0.2) is 30.9 Å². The predicted octanol–water partition coefficient (Wildman–Crippen LogP) is 2.74. The van der Waals surface area contributed by atoms with Gasteiger partial charge < -0.3 is 19.3 Å². The molecule has 1 atom stereocenters. The molecule has 24 heavy (non-hydrogen) atoms. The van der Waals surface area contributed by atoms with Gasteiger partial charge in [-0.3, -0.25) is 0 Å². The van der Waals surface area contributed by atoms with Gasteiger partial charge in [0.1, 0.15) is 18.1 Å². The van der Waals surface area contributed by atoms with Crippen LogP contribution in [0, 0.1) is 0 Å². The molecule has 0 spiro atoms. The molecule has 0 fully saturated rings. The van der Waals surface area contributed by atoms with Gasteiger partial charge in [-0.25, -0.2) is 4.79 Å². The quantitative estimate of drug-likeness (QED) is 0.754. The number of rotatable bonds is 8. The lowest BCUT2D eigenvalue weighted by Gasteiger charge is -2.14. The molecule has 0 bridgehead atoms. The van der Waals surface area contributed by atoms with Crippen LogP contribution >= 0.6 is 0 Å². The Morgan fingerprint density at radius 2 is 1.83 bits per heavy atom. The number of para-hydroxylation sites is 1. The maximum atomic E-state index is 11.6. The Hall–Kier alpha value is -2.53. The molecule has 0 radical (unpaired) electrons. The fraction of sp³-hybridized carbons (Fsp3) is 0.316. The smallest absolute Gasteiger partial charge is 0.335 e. The summed E-state index contributed by atoms with van der Waals surface area (Å²) in [7, 11) is 1.62. The van der Waals surface area contributed by atoms with Crippen LogP contribution in [0.25, 0.3) is 0 Å². The molecule has 0 aliphatic rings. The van der Waals surface area contributed by atoms with Gasteiger partial charge in [0.2, 0.25) is 0 Å². The van der Waals surface area contributed by atoms with E-state index in [2.05, 4.69) is 0 Å². The van der Waals surface area contributed by atoms with Gasteiger partial charge in [-0.15, -0.1) is 0 Å². The second kappa shape index (κ2) is 8.93. The Kier molecular flexibility index (Phi) is 6.63. The van der Waals surface area contributed by atoms with Crippen molar-refractivity contribution >= 4 is 5.97 Å². The molecule has 0 aliphatic carbocycles. The van der Waals surface area contributed by atoms with Crippen molar-refractivity contribution in [3.8, 4) is 11.5 Å². The lowest BCUT2D eigenvalue weighted by Crippen LogP contribution is -2.25. The van der Waals surface area contributed by atoms with Gasteiger partial charge in [0.25, 0.3) is 0 Å². The van der Waals surface area contributed by atoms with Crippen LogP contribution in [0.15, 0.2) is 48.5 Å². The van der Waals surface area contributed by atoms with Crippen molar-refractivity contribution in [3.63, 3.8) is 0 Å². The highest BCUT2D eigenvalue weighted by Gasteiger charge is 2.18. The van der Waals surface area contributed by atoms with Crippen molar-refractivity contribution < 1.29 is 24.1 Å². The number of hydrogen-bond acceptors (Lipinski definition) is 5. The van der Waals surface area contributed by atoms with Gasteiger partial charge in [-0.2, -0.15) is 0 Å². The lowest BCUT2D eigenvalue weighted by molar-refractivity contribution is -0.152. The number of methoxy groups -OCH3 is 1. The van der Waals surface area contributed by atoms with Crippen molar-refractivity contribution in [3.05, 3.63) is 59.7 Å². The van der Waals surface area contributed by atoms with Crippen LogP contribution in [0.5, 0.6) is 11.5 Å². The summed E-state index contributed by atoms with van der Waals surface area (Å²) in [5.41, 5.74) is 1.75. The summed E-state index contributed by atoms with van der Waals surface area (Å²) < 4.78 is 15.8. The molecule has 0 unspecified atom stereocenters. The van der Waals surface area contributed by atoms with Crippen LogP contribution in [0.4, 0.5) is 0 Å². The van der Waals surface area contributed by atoms with E-state index >= 15 is 0 Å². The average Bonchev–Trinajstić information content (AvgIpc) is 2.61. The first-order chi connectivity index (χ1) is 11.6. The van der Waals surface area contributed by atoms with E-state index in [1.165, 1.54) is 0 Å². The zero-order chi connectivity index (χ0) is 17.4. The third-order valence-corrected chi connectivity index (χ3v) is 3.50. The lowest BCUT2D eigenvalue weighted by atomic mass is 10.1. The molecule has 0 heterocycles. The third-order valence-electron chi connectivity index (χ3n) is 3.50. The van der Waals surface area contributed by atoms with E-state index in [9.17, 15) is 9.90 Å². The van der Waals surface area contributed by atoms with Crippen molar-refractivity contribution in [1.29, 1.82) is 0 Å². The topological polar surface area (TPSA) is 65.0 Å². The van der Waals surface area contributed by atoms with E-state index in [0.717, 1.165) is 16.9 Å². The fourth-order valence-corrected chi connectivity index (χ4v) is 2.23. The molecule has 0 saturated carbocycles. The highest BCUT2D eigenvalue weighted by molar-refractivity contribution is 5.74. The Morgan fingerprint density at radius 3 is 2.50 bits per heavy atom. The number of carbonyl (C=O) groups is 1. The van der Waals surface area contributed by atoms with Crippen molar-refractivity contribution in [2.45, 2.75) is 26.1 Å². The summed E-state index contributed by atoms with van der Waals surface area (Å²) in [5, 5.41) is 9.93. The number of esters is 1. The van der Waals surface area contributed by atoms with Gasteiger partial charge in [-0.1, -0.05) is 30.3 Å². The number of hydrogen-bond donors (Lipinski definition) is 1. The first kappa shape index (κ1) is 17.8. The first-order valence-electron chi connectivity index (χ1n) is 7.82. The largest absolute Gasteiger partial charge is 0.497 e. The monoisotopic (exact) mass is 330 g/mol. The van der Waals surface area contributed by atoms with Gasteiger partial charge in [-0.05, 0) is 36.2 Å². The Balaban J connectivity index is 2.01. The second-order valence-corrected chi connectivity index (χ2v) is 5.22. The van der Waals surface area contributed by atoms with Crippen LogP contribution in [0.3, 0.4) is 0 Å².